The van der Waals surface area contributed by atoms with Crippen LogP contribution in [-0.4, -0.2) is 54.2 Å². The van der Waals surface area contributed by atoms with Crippen molar-refractivity contribution in [3.05, 3.63) is 35.9 Å². The Kier molecular flexibility index (Phi) is 3.95. The molecule has 8 heteroatoms. The van der Waals surface area contributed by atoms with E-state index in [1.807, 2.05) is 18.2 Å². The van der Waals surface area contributed by atoms with Crippen LogP contribution in [0.1, 0.15) is 19.4 Å². The van der Waals surface area contributed by atoms with Crippen LogP contribution in [0.4, 0.5) is 0 Å². The van der Waals surface area contributed by atoms with Crippen LogP contribution in [-0.2, 0) is 31.6 Å². The fourth-order valence-electron chi connectivity index (χ4n) is 3.30. The van der Waals surface area contributed by atoms with Crippen molar-refractivity contribution in [1.82, 2.24) is 10.2 Å². The lowest BCUT2D eigenvalue weighted by Crippen LogP contribution is -2.71. The van der Waals surface area contributed by atoms with Gasteiger partial charge < -0.3 is 15.3 Å². The zero-order valence-electron chi connectivity index (χ0n) is 13.3. The monoisotopic (exact) mass is 350 g/mol. The van der Waals surface area contributed by atoms with E-state index in [0.717, 1.165) is 10.5 Å². The molecule has 0 spiro atoms. The summed E-state index contributed by atoms with van der Waals surface area (Å²) in [4.78, 5) is 37.0. The van der Waals surface area contributed by atoms with Crippen molar-refractivity contribution in [3.63, 3.8) is 0 Å². The largest absolute Gasteiger partial charge is 0.480 e. The minimum absolute atomic E-state index is 0.107. The number of benzene rings is 1. The highest BCUT2D eigenvalue weighted by molar-refractivity contribution is 7.87. The fraction of sp³-hybridized carbons (Fsp3) is 0.438. The predicted octanol–water partition coefficient (Wildman–Crippen LogP) is -0.124. The maximum absolute atomic E-state index is 12.6. The Bertz CT molecular complexity index is 733. The number of carbonyl (C=O) groups is 3. The van der Waals surface area contributed by atoms with Crippen molar-refractivity contribution in [2.24, 2.45) is 0 Å². The molecule has 2 aliphatic heterocycles. The van der Waals surface area contributed by atoms with Gasteiger partial charge in [-0.25, -0.2) is 4.79 Å². The molecule has 3 rings (SSSR count). The number of hydrogen-bond donors (Lipinski definition) is 2. The van der Waals surface area contributed by atoms with Crippen molar-refractivity contribution in [3.8, 4) is 0 Å². The lowest BCUT2D eigenvalue weighted by molar-refractivity contribution is -0.161. The second-order valence-electron chi connectivity index (χ2n) is 6.49. The summed E-state index contributed by atoms with van der Waals surface area (Å²) in [6.07, 6.45) is 0.107. The number of carboxylic acid groups (broad SMARTS) is 1. The Labute approximate surface area is 141 Å². The normalized spacial score (nSPS) is 30.4. The molecule has 128 valence electrons. The SMILES string of the molecule is CC1(C)[C@H](C(=O)O)N2C(=O)[C@@H](NC(=O)Cc3ccccc3)[C@H]2[S@]1=O. The van der Waals surface area contributed by atoms with Crippen molar-refractivity contribution >= 4 is 28.6 Å². The summed E-state index contributed by atoms with van der Waals surface area (Å²) < 4.78 is 11.5. The first-order valence-electron chi connectivity index (χ1n) is 7.54. The maximum Gasteiger partial charge on any atom is 0.328 e. The molecular formula is C16H18N2O5S. The molecule has 4 atom stereocenters. The quantitative estimate of drug-likeness (QED) is 0.737. The van der Waals surface area contributed by atoms with Crippen molar-refractivity contribution in [2.75, 3.05) is 0 Å². The Morgan fingerprint density at radius 3 is 2.50 bits per heavy atom. The number of fused-ring (bicyclic) bond motifs is 1. The van der Waals surface area contributed by atoms with Gasteiger partial charge in [0.15, 0.2) is 0 Å². The Morgan fingerprint density at radius 1 is 1.29 bits per heavy atom. The van der Waals surface area contributed by atoms with Crippen molar-refractivity contribution < 1.29 is 23.7 Å². The highest BCUT2D eigenvalue weighted by Gasteiger charge is 2.68. The third-order valence-electron chi connectivity index (χ3n) is 4.51. The zero-order chi connectivity index (χ0) is 17.6. The van der Waals surface area contributed by atoms with Gasteiger partial charge in [-0.3, -0.25) is 13.8 Å². The van der Waals surface area contributed by atoms with Crippen LogP contribution in [0.15, 0.2) is 30.3 Å². The number of hydrogen-bond acceptors (Lipinski definition) is 4. The van der Waals surface area contributed by atoms with Gasteiger partial charge in [0, 0.05) is 0 Å². The van der Waals surface area contributed by atoms with Crippen molar-refractivity contribution in [2.45, 2.75) is 42.5 Å². The average Bonchev–Trinajstić information content (AvgIpc) is 2.71. The Balaban J connectivity index is 1.74. The van der Waals surface area contributed by atoms with E-state index in [0.29, 0.717) is 0 Å². The minimum Gasteiger partial charge on any atom is -0.480 e. The van der Waals surface area contributed by atoms with Gasteiger partial charge in [-0.2, -0.15) is 0 Å². The number of rotatable bonds is 4. The van der Waals surface area contributed by atoms with E-state index in [1.165, 1.54) is 0 Å². The number of β-lactam (4-membered cyclic amide) rings is 1. The van der Waals surface area contributed by atoms with E-state index in [2.05, 4.69) is 5.32 Å². The molecule has 0 aromatic heterocycles. The lowest BCUT2D eigenvalue weighted by Gasteiger charge is -2.43. The van der Waals surface area contributed by atoms with Gasteiger partial charge in [0.05, 0.1) is 22.0 Å². The van der Waals surface area contributed by atoms with Gasteiger partial charge in [-0.1, -0.05) is 30.3 Å². The highest BCUT2D eigenvalue weighted by Crippen LogP contribution is 2.43. The number of nitrogens with one attached hydrogen (secondary N) is 1. The Morgan fingerprint density at radius 2 is 1.92 bits per heavy atom. The molecular weight excluding hydrogens is 332 g/mol. The van der Waals surface area contributed by atoms with Crippen LogP contribution < -0.4 is 5.32 Å². The van der Waals surface area contributed by atoms with Crippen LogP contribution in [0.2, 0.25) is 0 Å². The molecule has 1 aromatic carbocycles. The topological polar surface area (TPSA) is 104 Å². The number of carbonyl (C=O) groups excluding carboxylic acids is 2. The summed E-state index contributed by atoms with van der Waals surface area (Å²) in [5, 5.41) is 11.2. The van der Waals surface area contributed by atoms with Crippen LogP contribution >= 0.6 is 0 Å². The number of carboxylic acids is 1. The van der Waals surface area contributed by atoms with Gasteiger partial charge in [0.2, 0.25) is 11.8 Å². The summed E-state index contributed by atoms with van der Waals surface area (Å²) >= 11 is 0. The first-order chi connectivity index (χ1) is 11.2. The molecule has 0 saturated carbocycles. The second kappa shape index (κ2) is 5.70. The van der Waals surface area contributed by atoms with E-state index in [4.69, 9.17) is 0 Å². The average molecular weight is 350 g/mol. The van der Waals surface area contributed by atoms with Gasteiger partial charge in [0.1, 0.15) is 17.5 Å². The molecule has 2 N–H and O–H groups in total. The third-order valence-corrected chi connectivity index (χ3v) is 6.71. The van der Waals surface area contributed by atoms with Crippen molar-refractivity contribution in [1.29, 1.82) is 0 Å². The molecule has 2 saturated heterocycles. The van der Waals surface area contributed by atoms with Gasteiger partial charge in [-0.15, -0.1) is 0 Å². The van der Waals surface area contributed by atoms with E-state index in [-0.39, 0.29) is 12.3 Å². The molecule has 1 aromatic rings. The van der Waals surface area contributed by atoms with E-state index >= 15 is 0 Å². The van der Waals surface area contributed by atoms with Gasteiger partial charge in [0.25, 0.3) is 0 Å². The first-order valence-corrected chi connectivity index (χ1v) is 8.75. The summed E-state index contributed by atoms with van der Waals surface area (Å²) in [6.45, 7) is 3.13. The third kappa shape index (κ3) is 2.41. The molecule has 2 heterocycles. The summed E-state index contributed by atoms with van der Waals surface area (Å²) in [5.41, 5.74) is 0.801. The van der Waals surface area contributed by atoms with Crippen LogP contribution in [0, 0.1) is 0 Å². The van der Waals surface area contributed by atoms with E-state index in [1.54, 1.807) is 26.0 Å². The molecule has 7 nitrogen and oxygen atoms in total. The second-order valence-corrected chi connectivity index (χ2v) is 8.62. The first kappa shape index (κ1) is 16.6. The number of nitrogens with zero attached hydrogens (tertiary/aromatic N) is 1. The van der Waals surface area contributed by atoms with E-state index < -0.39 is 44.9 Å². The molecule has 0 aliphatic carbocycles. The van der Waals surface area contributed by atoms with Gasteiger partial charge in [-0.05, 0) is 19.4 Å². The molecule has 0 bridgehead atoms. The molecule has 24 heavy (non-hydrogen) atoms. The van der Waals surface area contributed by atoms with E-state index in [9.17, 15) is 23.7 Å². The highest BCUT2D eigenvalue weighted by atomic mass is 32.2. The summed E-state index contributed by atoms with van der Waals surface area (Å²) in [5.74, 6) is -2.03. The standard InChI is InChI=1S/C16H18N2O5S/c1-16(2)12(15(21)22)18-13(20)11(14(18)24(16)23)17-10(19)8-9-6-4-3-5-7-9/h3-7,11-12,14H,8H2,1-2H3,(H,17,19)(H,21,22)/t11-,12+,14-,24-/m1/s1. The number of aliphatic carboxylic acids is 1. The smallest absolute Gasteiger partial charge is 0.328 e. The Hall–Kier alpha value is -2.22. The van der Waals surface area contributed by atoms with Crippen LogP contribution in [0.3, 0.4) is 0 Å². The van der Waals surface area contributed by atoms with Gasteiger partial charge >= 0.3 is 5.97 Å². The molecule has 0 radical (unpaired) electrons. The molecule has 2 amide bonds. The maximum atomic E-state index is 12.6. The number of amides is 2. The predicted molar refractivity (Wildman–Crippen MR) is 86.4 cm³/mol. The molecule has 0 unspecified atom stereocenters. The summed E-state index contributed by atoms with van der Waals surface area (Å²) in [7, 11) is -1.58. The lowest BCUT2D eigenvalue weighted by atomic mass is 9.96. The zero-order valence-corrected chi connectivity index (χ0v) is 14.1. The molecule has 2 fully saturated rings. The van der Waals surface area contributed by atoms with Crippen LogP contribution in [0.5, 0.6) is 0 Å². The molecule has 2 aliphatic rings. The summed E-state index contributed by atoms with van der Waals surface area (Å²) in [6, 6.07) is 6.99. The van der Waals surface area contributed by atoms with Crippen LogP contribution in [0.25, 0.3) is 0 Å². The fourth-order valence-corrected chi connectivity index (χ4v) is 5.22. The minimum atomic E-state index is -1.58.